The fourth-order valence-corrected chi connectivity index (χ4v) is 1.68. The van der Waals surface area contributed by atoms with Crippen LogP contribution in [0.4, 0.5) is 26.3 Å². The van der Waals surface area contributed by atoms with Gasteiger partial charge in [0.1, 0.15) is 5.58 Å². The molecular formula is C11H4F6O2. The summed E-state index contributed by atoms with van der Waals surface area (Å²) in [5.74, 6) is 0. The van der Waals surface area contributed by atoms with Gasteiger partial charge in [0.2, 0.25) is 0 Å². The molecule has 1 heterocycles. The van der Waals surface area contributed by atoms with Gasteiger partial charge in [0, 0.05) is 11.5 Å². The summed E-state index contributed by atoms with van der Waals surface area (Å²) in [4.78, 5) is 11.0. The van der Waals surface area contributed by atoms with Crippen LogP contribution >= 0.6 is 0 Å². The van der Waals surface area contributed by atoms with Gasteiger partial charge in [-0.15, -0.1) is 0 Å². The van der Waals surface area contributed by atoms with Crippen molar-refractivity contribution < 1.29 is 30.8 Å². The molecule has 0 N–H and O–H groups in total. The van der Waals surface area contributed by atoms with E-state index in [1.807, 2.05) is 0 Å². The molecule has 0 aliphatic carbocycles. The van der Waals surface area contributed by atoms with E-state index in [4.69, 9.17) is 0 Å². The molecule has 0 amide bonds. The molecule has 2 nitrogen and oxygen atoms in total. The van der Waals surface area contributed by atoms with Crippen LogP contribution in [0, 0.1) is 0 Å². The van der Waals surface area contributed by atoms with Gasteiger partial charge in [-0.3, -0.25) is 0 Å². The Morgan fingerprint density at radius 2 is 1.47 bits per heavy atom. The number of hydrogen-bond acceptors (Lipinski definition) is 2. The van der Waals surface area contributed by atoms with Crippen molar-refractivity contribution in [1.82, 2.24) is 0 Å². The lowest BCUT2D eigenvalue weighted by Crippen LogP contribution is -2.15. The molecule has 0 saturated heterocycles. The number of hydrogen-bond donors (Lipinski definition) is 0. The molecule has 2 aromatic rings. The van der Waals surface area contributed by atoms with E-state index in [0.717, 1.165) is 12.1 Å². The van der Waals surface area contributed by atoms with Crippen LogP contribution in [0.15, 0.2) is 33.5 Å². The van der Waals surface area contributed by atoms with Gasteiger partial charge in [-0.05, 0) is 12.1 Å². The summed E-state index contributed by atoms with van der Waals surface area (Å²) < 4.78 is 80.6. The zero-order valence-corrected chi connectivity index (χ0v) is 8.89. The molecule has 0 bridgehead atoms. The van der Waals surface area contributed by atoms with Crippen molar-refractivity contribution in [2.45, 2.75) is 12.4 Å². The molecule has 0 spiro atoms. The molecule has 8 heteroatoms. The van der Waals surface area contributed by atoms with Crippen molar-refractivity contribution in [3.8, 4) is 0 Å². The quantitative estimate of drug-likeness (QED) is 0.543. The van der Waals surface area contributed by atoms with Gasteiger partial charge in [0.15, 0.2) is 0 Å². The van der Waals surface area contributed by atoms with Crippen molar-refractivity contribution in [2.75, 3.05) is 0 Å². The predicted octanol–water partition coefficient (Wildman–Crippen LogP) is 3.83. The molecule has 0 aliphatic heterocycles. The van der Waals surface area contributed by atoms with Gasteiger partial charge in [-0.2, -0.15) is 26.3 Å². The van der Waals surface area contributed by atoms with E-state index in [9.17, 15) is 31.1 Å². The molecule has 2 rings (SSSR count). The minimum Gasteiger partial charge on any atom is -0.423 e. The lowest BCUT2D eigenvalue weighted by atomic mass is 10.0. The first kappa shape index (κ1) is 13.4. The van der Waals surface area contributed by atoms with Crippen molar-refractivity contribution in [2.24, 2.45) is 0 Å². The summed E-state index contributed by atoms with van der Waals surface area (Å²) in [7, 11) is 0. The summed E-state index contributed by atoms with van der Waals surface area (Å²) in [6.45, 7) is 0. The molecule has 0 atom stereocenters. The van der Waals surface area contributed by atoms with E-state index in [1.165, 1.54) is 0 Å². The van der Waals surface area contributed by atoms with Crippen LogP contribution in [0.25, 0.3) is 11.0 Å². The summed E-state index contributed by atoms with van der Waals surface area (Å²) in [6, 6.07) is 2.25. The molecule has 0 unspecified atom stereocenters. The van der Waals surface area contributed by atoms with E-state index in [1.54, 1.807) is 0 Å². The predicted molar refractivity (Wildman–Crippen MR) is 52.5 cm³/mol. The largest absolute Gasteiger partial charge is 0.423 e. The second-order valence-corrected chi connectivity index (χ2v) is 3.65. The summed E-state index contributed by atoms with van der Waals surface area (Å²) >= 11 is 0. The summed E-state index contributed by atoms with van der Waals surface area (Å²) in [6.07, 6.45) is -10.1. The molecule has 102 valence electrons. The molecule has 0 aliphatic rings. The maximum Gasteiger partial charge on any atom is 0.417 e. The van der Waals surface area contributed by atoms with Crippen LogP contribution < -0.4 is 5.63 Å². The summed E-state index contributed by atoms with van der Waals surface area (Å²) in [5, 5.41) is -1.16. The number of alkyl halides is 6. The van der Waals surface area contributed by atoms with E-state index >= 15 is 0 Å². The third-order valence-corrected chi connectivity index (χ3v) is 2.38. The highest BCUT2D eigenvalue weighted by molar-refractivity contribution is 5.85. The zero-order valence-electron chi connectivity index (χ0n) is 8.89. The van der Waals surface area contributed by atoms with E-state index < -0.39 is 40.1 Å². The Hall–Kier alpha value is -1.99. The van der Waals surface area contributed by atoms with Crippen molar-refractivity contribution in [3.63, 3.8) is 0 Å². The highest BCUT2D eigenvalue weighted by Gasteiger charge is 2.40. The molecule has 0 saturated carbocycles. The lowest BCUT2D eigenvalue weighted by molar-refractivity contribution is -0.140. The normalized spacial score (nSPS) is 12.9. The van der Waals surface area contributed by atoms with Crippen LogP contribution in [0.1, 0.15) is 11.1 Å². The Balaban J connectivity index is 2.99. The standard InChI is InChI=1S/C11H4F6O2/c12-10(13,14)5-2-1-3-7-9(5)6(11(15,16)17)4-8(18)19-7/h1-4H. The second-order valence-electron chi connectivity index (χ2n) is 3.65. The first-order valence-electron chi connectivity index (χ1n) is 4.82. The first-order valence-corrected chi connectivity index (χ1v) is 4.82. The minimum absolute atomic E-state index is 0.0115. The monoisotopic (exact) mass is 282 g/mol. The molecule has 1 aromatic carbocycles. The first-order chi connectivity index (χ1) is 8.60. The SMILES string of the molecule is O=c1cc(C(F)(F)F)c2c(C(F)(F)F)cccc2o1. The summed E-state index contributed by atoms with van der Waals surface area (Å²) in [5.41, 5.74) is -5.28. The van der Waals surface area contributed by atoms with Crippen LogP contribution in [-0.4, -0.2) is 0 Å². The number of fused-ring (bicyclic) bond motifs is 1. The maximum atomic E-state index is 12.7. The highest BCUT2D eigenvalue weighted by atomic mass is 19.4. The zero-order chi connectivity index (χ0) is 14.4. The van der Waals surface area contributed by atoms with Crippen LogP contribution in [0.3, 0.4) is 0 Å². The fourth-order valence-electron chi connectivity index (χ4n) is 1.68. The molecule has 19 heavy (non-hydrogen) atoms. The lowest BCUT2D eigenvalue weighted by Gasteiger charge is -2.14. The molecular weight excluding hydrogens is 278 g/mol. The van der Waals surface area contributed by atoms with E-state index in [2.05, 4.69) is 4.42 Å². The fraction of sp³-hybridized carbons (Fsp3) is 0.182. The number of rotatable bonds is 0. The van der Waals surface area contributed by atoms with E-state index in [-0.39, 0.29) is 6.07 Å². The van der Waals surface area contributed by atoms with Crippen molar-refractivity contribution in [3.05, 3.63) is 45.8 Å². The molecule has 1 aromatic heterocycles. The smallest absolute Gasteiger partial charge is 0.417 e. The van der Waals surface area contributed by atoms with Gasteiger partial charge in [0.25, 0.3) is 0 Å². The van der Waals surface area contributed by atoms with Gasteiger partial charge < -0.3 is 4.42 Å². The molecule has 0 fully saturated rings. The average molecular weight is 282 g/mol. The topological polar surface area (TPSA) is 30.2 Å². The van der Waals surface area contributed by atoms with Gasteiger partial charge in [0.05, 0.1) is 11.1 Å². The van der Waals surface area contributed by atoms with Crippen molar-refractivity contribution >= 4 is 11.0 Å². The Labute approximate surface area is 101 Å². The third kappa shape index (κ3) is 2.42. The number of benzene rings is 1. The number of halogens is 6. The third-order valence-electron chi connectivity index (χ3n) is 2.38. The minimum atomic E-state index is -5.09. The molecule has 0 radical (unpaired) electrons. The highest BCUT2D eigenvalue weighted by Crippen LogP contribution is 2.40. The van der Waals surface area contributed by atoms with Crippen LogP contribution in [0.2, 0.25) is 0 Å². The van der Waals surface area contributed by atoms with Gasteiger partial charge in [-0.25, -0.2) is 4.79 Å². The Kier molecular flexibility index (Phi) is 2.83. The maximum absolute atomic E-state index is 12.7. The van der Waals surface area contributed by atoms with Crippen LogP contribution in [-0.2, 0) is 12.4 Å². The van der Waals surface area contributed by atoms with Gasteiger partial charge in [-0.1, -0.05) is 6.07 Å². The Bertz CT molecular complexity index is 680. The van der Waals surface area contributed by atoms with Gasteiger partial charge >= 0.3 is 18.0 Å². The average Bonchev–Trinajstić information content (AvgIpc) is 2.24. The van der Waals surface area contributed by atoms with Crippen molar-refractivity contribution in [1.29, 1.82) is 0 Å². The Morgan fingerprint density at radius 3 is 2.00 bits per heavy atom. The second kappa shape index (κ2) is 4.01. The Morgan fingerprint density at radius 1 is 0.895 bits per heavy atom. The van der Waals surface area contributed by atoms with E-state index in [0.29, 0.717) is 6.07 Å². The van der Waals surface area contributed by atoms with Crippen LogP contribution in [0.5, 0.6) is 0 Å².